The number of nitrogens with zero attached hydrogens (tertiary/aromatic N) is 1. The predicted octanol–water partition coefficient (Wildman–Crippen LogP) is 1.52. The van der Waals surface area contributed by atoms with Gasteiger partial charge in [0.25, 0.3) is 0 Å². The van der Waals surface area contributed by atoms with Crippen LogP contribution in [0.1, 0.15) is 32.3 Å². The molecule has 102 valence electrons. The van der Waals surface area contributed by atoms with Crippen molar-refractivity contribution in [1.82, 2.24) is 9.71 Å². The van der Waals surface area contributed by atoms with E-state index in [9.17, 15) is 8.42 Å². The van der Waals surface area contributed by atoms with Crippen LogP contribution in [0.15, 0.2) is 18.3 Å². The molecule has 0 aliphatic rings. The highest BCUT2D eigenvalue weighted by molar-refractivity contribution is 7.89. The lowest BCUT2D eigenvalue weighted by Crippen LogP contribution is -2.29. The molecule has 0 unspecified atom stereocenters. The van der Waals surface area contributed by atoms with E-state index in [1.54, 1.807) is 19.2 Å². The second-order valence-electron chi connectivity index (χ2n) is 4.23. The zero-order chi connectivity index (χ0) is 13.6. The highest BCUT2D eigenvalue weighted by atomic mass is 32.2. The van der Waals surface area contributed by atoms with Crippen LogP contribution in [0.25, 0.3) is 0 Å². The molecule has 0 atom stereocenters. The van der Waals surface area contributed by atoms with Crippen LogP contribution < -0.4 is 9.46 Å². The average Bonchev–Trinajstić information content (AvgIpc) is 2.35. The van der Waals surface area contributed by atoms with E-state index in [1.165, 1.54) is 0 Å². The Bertz CT molecular complexity index is 455. The van der Waals surface area contributed by atoms with E-state index in [2.05, 4.69) is 23.6 Å². The maximum absolute atomic E-state index is 11.1. The van der Waals surface area contributed by atoms with Gasteiger partial charge in [-0.05, 0) is 18.4 Å². The molecule has 6 heteroatoms. The summed E-state index contributed by atoms with van der Waals surface area (Å²) in [6.07, 6.45) is 1.77. The second-order valence-corrected chi connectivity index (χ2v) is 6.33. The van der Waals surface area contributed by atoms with Gasteiger partial charge >= 0.3 is 0 Å². The largest absolute Gasteiger partial charge is 0.476 e. The van der Waals surface area contributed by atoms with Crippen molar-refractivity contribution in [2.24, 2.45) is 0 Å². The van der Waals surface area contributed by atoms with Crippen LogP contribution in [0.4, 0.5) is 0 Å². The van der Waals surface area contributed by atoms with E-state index < -0.39 is 10.0 Å². The van der Waals surface area contributed by atoms with Crippen molar-refractivity contribution < 1.29 is 13.2 Å². The lowest BCUT2D eigenvalue weighted by molar-refractivity contribution is 0.310. The fourth-order valence-corrected chi connectivity index (χ4v) is 1.87. The molecule has 1 N–H and O–H groups in total. The van der Waals surface area contributed by atoms with Crippen LogP contribution in [0, 0.1) is 0 Å². The number of hydrogen-bond donors (Lipinski definition) is 1. The summed E-state index contributed by atoms with van der Waals surface area (Å²) >= 11 is 0. The van der Waals surface area contributed by atoms with Gasteiger partial charge in [0.2, 0.25) is 15.9 Å². The van der Waals surface area contributed by atoms with Crippen molar-refractivity contribution in [3.63, 3.8) is 0 Å². The normalized spacial score (nSPS) is 11.8. The third-order valence-corrected chi connectivity index (χ3v) is 3.88. The molecule has 0 aliphatic heterocycles. The molecule has 5 nitrogen and oxygen atoms in total. The smallest absolute Gasteiger partial charge is 0.213 e. The summed E-state index contributed by atoms with van der Waals surface area (Å²) < 4.78 is 30.1. The summed E-state index contributed by atoms with van der Waals surface area (Å²) in [5.74, 6) is 1.02. The van der Waals surface area contributed by atoms with E-state index in [4.69, 9.17) is 4.74 Å². The molecule has 18 heavy (non-hydrogen) atoms. The van der Waals surface area contributed by atoms with E-state index >= 15 is 0 Å². The number of sulfonamides is 1. The molecule has 0 saturated carbocycles. The van der Waals surface area contributed by atoms with E-state index in [-0.39, 0.29) is 18.9 Å². The Balaban J connectivity index is 2.36. The summed E-state index contributed by atoms with van der Waals surface area (Å²) in [6.45, 7) is 6.31. The van der Waals surface area contributed by atoms with Crippen LogP contribution in [0.2, 0.25) is 0 Å². The molecule has 0 aromatic carbocycles. The molecule has 0 spiro atoms. The van der Waals surface area contributed by atoms with Gasteiger partial charge in [-0.25, -0.2) is 18.1 Å². The predicted molar refractivity (Wildman–Crippen MR) is 71.3 cm³/mol. The van der Waals surface area contributed by atoms with Gasteiger partial charge in [0, 0.05) is 18.8 Å². The zero-order valence-corrected chi connectivity index (χ0v) is 11.8. The van der Waals surface area contributed by atoms with Crippen LogP contribution in [-0.4, -0.2) is 32.3 Å². The van der Waals surface area contributed by atoms with Gasteiger partial charge in [-0.2, -0.15) is 0 Å². The minimum absolute atomic E-state index is 0.0777. The molecule has 0 aliphatic carbocycles. The SMILES string of the molecule is CCS(=O)(=O)NCCOc1ccc(C(C)C)cn1. The lowest BCUT2D eigenvalue weighted by Gasteiger charge is -2.08. The Kier molecular flexibility index (Phi) is 5.55. The number of hydrogen-bond acceptors (Lipinski definition) is 4. The topological polar surface area (TPSA) is 68.3 Å². The molecule has 1 aromatic heterocycles. The van der Waals surface area contributed by atoms with Gasteiger partial charge in [0.15, 0.2) is 0 Å². The van der Waals surface area contributed by atoms with Crippen molar-refractivity contribution >= 4 is 10.0 Å². The maximum Gasteiger partial charge on any atom is 0.213 e. The van der Waals surface area contributed by atoms with Gasteiger partial charge in [0.1, 0.15) is 6.61 Å². The summed E-state index contributed by atoms with van der Waals surface area (Å²) in [5.41, 5.74) is 1.15. The van der Waals surface area contributed by atoms with Gasteiger partial charge in [-0.3, -0.25) is 0 Å². The van der Waals surface area contributed by atoms with E-state index in [1.807, 2.05) is 6.07 Å². The zero-order valence-electron chi connectivity index (χ0n) is 11.0. The molecule has 0 fully saturated rings. The summed E-state index contributed by atoms with van der Waals surface area (Å²) in [7, 11) is -3.14. The fourth-order valence-electron chi connectivity index (χ4n) is 1.27. The van der Waals surface area contributed by atoms with Crippen LogP contribution >= 0.6 is 0 Å². The molecule has 0 bridgehead atoms. The number of pyridine rings is 1. The second kappa shape index (κ2) is 6.70. The molecule has 0 radical (unpaired) electrons. The number of aromatic nitrogens is 1. The Morgan fingerprint density at radius 2 is 2.11 bits per heavy atom. The Morgan fingerprint density at radius 3 is 2.61 bits per heavy atom. The maximum atomic E-state index is 11.1. The van der Waals surface area contributed by atoms with Crippen LogP contribution in [0.3, 0.4) is 0 Å². The van der Waals surface area contributed by atoms with Crippen molar-refractivity contribution in [1.29, 1.82) is 0 Å². The quantitative estimate of drug-likeness (QED) is 0.764. The first-order chi connectivity index (χ1) is 8.44. The average molecular weight is 272 g/mol. The van der Waals surface area contributed by atoms with Gasteiger partial charge in [-0.1, -0.05) is 19.9 Å². The van der Waals surface area contributed by atoms with Gasteiger partial charge < -0.3 is 4.74 Å². The molecular weight excluding hydrogens is 252 g/mol. The Labute approximate surface area is 109 Å². The van der Waals surface area contributed by atoms with Crippen molar-refractivity contribution in [2.75, 3.05) is 18.9 Å². The van der Waals surface area contributed by atoms with E-state index in [0.717, 1.165) is 5.56 Å². The number of ether oxygens (including phenoxy) is 1. The monoisotopic (exact) mass is 272 g/mol. The third-order valence-electron chi connectivity index (χ3n) is 2.48. The highest BCUT2D eigenvalue weighted by Gasteiger charge is 2.05. The van der Waals surface area contributed by atoms with Crippen molar-refractivity contribution in [3.8, 4) is 5.88 Å². The molecule has 0 amide bonds. The molecule has 1 heterocycles. The summed E-state index contributed by atoms with van der Waals surface area (Å²) in [5, 5.41) is 0. The van der Waals surface area contributed by atoms with Gasteiger partial charge in [0.05, 0.1) is 5.75 Å². The Hall–Kier alpha value is -1.14. The molecule has 1 aromatic rings. The standard InChI is InChI=1S/C12H20N2O3S/c1-4-18(15,16)14-7-8-17-12-6-5-11(9-13-12)10(2)3/h5-6,9-10,14H,4,7-8H2,1-3H3. The lowest BCUT2D eigenvalue weighted by atomic mass is 10.1. The fraction of sp³-hybridized carbons (Fsp3) is 0.583. The first-order valence-electron chi connectivity index (χ1n) is 6.00. The first kappa shape index (κ1) is 14.9. The first-order valence-corrected chi connectivity index (χ1v) is 7.66. The van der Waals surface area contributed by atoms with E-state index in [0.29, 0.717) is 11.8 Å². The molecule has 1 rings (SSSR count). The highest BCUT2D eigenvalue weighted by Crippen LogP contribution is 2.15. The van der Waals surface area contributed by atoms with Gasteiger partial charge in [-0.15, -0.1) is 0 Å². The molecule has 0 saturated heterocycles. The number of rotatable bonds is 7. The minimum atomic E-state index is -3.14. The Morgan fingerprint density at radius 1 is 1.39 bits per heavy atom. The van der Waals surface area contributed by atoms with Crippen molar-refractivity contribution in [2.45, 2.75) is 26.7 Å². The van der Waals surface area contributed by atoms with Crippen LogP contribution in [0.5, 0.6) is 5.88 Å². The number of nitrogens with one attached hydrogen (secondary N) is 1. The van der Waals surface area contributed by atoms with Crippen molar-refractivity contribution in [3.05, 3.63) is 23.9 Å². The third kappa shape index (κ3) is 5.01. The summed E-state index contributed by atoms with van der Waals surface area (Å²) in [6, 6.07) is 3.76. The molecular formula is C12H20N2O3S. The minimum Gasteiger partial charge on any atom is -0.476 e. The summed E-state index contributed by atoms with van der Waals surface area (Å²) in [4.78, 5) is 4.15. The van der Waals surface area contributed by atoms with Crippen LogP contribution in [-0.2, 0) is 10.0 Å².